The minimum Gasteiger partial charge on any atom is -0.369 e. The lowest BCUT2D eigenvalue weighted by molar-refractivity contribution is 0.515. The van der Waals surface area contributed by atoms with Crippen LogP contribution in [0.15, 0.2) is 6.07 Å². The maximum Gasteiger partial charge on any atom is 0.144 e. The minimum atomic E-state index is 0.686. The third kappa shape index (κ3) is 3.17. The van der Waals surface area contributed by atoms with Gasteiger partial charge in [0.2, 0.25) is 0 Å². The Labute approximate surface area is 113 Å². The van der Waals surface area contributed by atoms with Gasteiger partial charge in [-0.2, -0.15) is 17.0 Å². The Morgan fingerprint density at radius 1 is 1.44 bits per heavy atom. The number of thioether (sulfide) groups is 1. The molecule has 3 nitrogen and oxygen atoms in total. The van der Waals surface area contributed by atoms with Crippen LogP contribution in [0.5, 0.6) is 0 Å². The second-order valence-corrected chi connectivity index (χ2v) is 6.08. The summed E-state index contributed by atoms with van der Waals surface area (Å²) in [6.45, 7) is 4.87. The Balaban J connectivity index is 2.06. The smallest absolute Gasteiger partial charge is 0.144 e. The van der Waals surface area contributed by atoms with Crippen molar-refractivity contribution in [1.82, 2.24) is 4.98 Å². The topological polar surface area (TPSA) is 48.7 Å². The predicted octanol–water partition coefficient (Wildman–Crippen LogP) is 3.13. The van der Waals surface area contributed by atoms with Gasteiger partial charge in [-0.1, -0.05) is 0 Å². The van der Waals surface area contributed by atoms with Crippen molar-refractivity contribution in [3.63, 3.8) is 0 Å². The molecule has 96 valence electrons. The number of nitriles is 1. The van der Waals surface area contributed by atoms with Gasteiger partial charge in [-0.05, 0) is 55.7 Å². The van der Waals surface area contributed by atoms with Crippen molar-refractivity contribution in [3.05, 3.63) is 22.9 Å². The van der Waals surface area contributed by atoms with Crippen molar-refractivity contribution in [2.45, 2.75) is 26.7 Å². The van der Waals surface area contributed by atoms with E-state index in [0.29, 0.717) is 5.56 Å². The van der Waals surface area contributed by atoms with Crippen LogP contribution in [0.1, 0.15) is 29.7 Å². The number of hydrogen-bond acceptors (Lipinski definition) is 4. The van der Waals surface area contributed by atoms with Crippen LogP contribution >= 0.6 is 11.8 Å². The number of nitrogens with zero attached hydrogens (tertiary/aromatic N) is 2. The van der Waals surface area contributed by atoms with Crippen molar-refractivity contribution in [3.8, 4) is 6.07 Å². The number of rotatable bonds is 3. The highest BCUT2D eigenvalue weighted by Crippen LogP contribution is 2.24. The maximum atomic E-state index is 9.19. The molecule has 0 bridgehead atoms. The third-order valence-corrected chi connectivity index (χ3v) is 4.40. The average molecular weight is 261 g/mol. The molecule has 0 spiro atoms. The van der Waals surface area contributed by atoms with Crippen LogP contribution in [-0.2, 0) is 0 Å². The Hall–Kier alpha value is -1.21. The van der Waals surface area contributed by atoms with E-state index in [9.17, 15) is 5.26 Å². The third-order valence-electron chi connectivity index (χ3n) is 3.36. The molecule has 0 atom stereocenters. The molecule has 1 aromatic heterocycles. The van der Waals surface area contributed by atoms with Crippen molar-refractivity contribution < 1.29 is 0 Å². The van der Waals surface area contributed by atoms with E-state index in [1.54, 1.807) is 0 Å². The quantitative estimate of drug-likeness (QED) is 0.908. The van der Waals surface area contributed by atoms with Crippen molar-refractivity contribution >= 4 is 17.6 Å². The molecular formula is C14H19N3S. The molecule has 0 radical (unpaired) electrons. The molecule has 2 heterocycles. The van der Waals surface area contributed by atoms with Crippen molar-refractivity contribution in [2.75, 3.05) is 23.4 Å². The molecule has 2 rings (SSSR count). The Bertz CT molecular complexity index is 459. The number of hydrogen-bond donors (Lipinski definition) is 1. The lowest BCUT2D eigenvalue weighted by Gasteiger charge is -2.22. The van der Waals surface area contributed by atoms with E-state index in [2.05, 4.69) is 16.4 Å². The zero-order valence-electron chi connectivity index (χ0n) is 11.0. The van der Waals surface area contributed by atoms with Gasteiger partial charge < -0.3 is 5.32 Å². The van der Waals surface area contributed by atoms with Crippen molar-refractivity contribution in [1.29, 1.82) is 5.26 Å². The Morgan fingerprint density at radius 2 is 2.17 bits per heavy atom. The first-order valence-electron chi connectivity index (χ1n) is 6.40. The summed E-state index contributed by atoms with van der Waals surface area (Å²) in [5.74, 6) is 4.00. The molecule has 1 aliphatic heterocycles. The summed E-state index contributed by atoms with van der Waals surface area (Å²) >= 11 is 2.04. The van der Waals surface area contributed by atoms with Gasteiger partial charge in [0, 0.05) is 12.2 Å². The predicted molar refractivity (Wildman–Crippen MR) is 77.0 cm³/mol. The van der Waals surface area contributed by atoms with E-state index < -0.39 is 0 Å². The van der Waals surface area contributed by atoms with E-state index in [4.69, 9.17) is 0 Å². The molecule has 18 heavy (non-hydrogen) atoms. The van der Waals surface area contributed by atoms with E-state index in [-0.39, 0.29) is 0 Å². The highest BCUT2D eigenvalue weighted by Gasteiger charge is 2.15. The van der Waals surface area contributed by atoms with Gasteiger partial charge in [-0.3, -0.25) is 0 Å². The first-order chi connectivity index (χ1) is 8.70. The standard InChI is InChI=1S/C14H19N3S/c1-10-7-11(2)17-14(13(10)8-15)16-9-12-3-5-18-6-4-12/h7,12H,3-6,9H2,1-2H3,(H,16,17). The van der Waals surface area contributed by atoms with Crippen LogP contribution in [0.3, 0.4) is 0 Å². The van der Waals surface area contributed by atoms with Crippen molar-refractivity contribution in [2.24, 2.45) is 5.92 Å². The highest BCUT2D eigenvalue weighted by molar-refractivity contribution is 7.99. The van der Waals surface area contributed by atoms with Gasteiger partial charge in [0.05, 0.1) is 5.56 Å². The van der Waals surface area contributed by atoms with E-state index in [0.717, 1.165) is 29.5 Å². The van der Waals surface area contributed by atoms with Crippen LogP contribution in [0.2, 0.25) is 0 Å². The fraction of sp³-hybridized carbons (Fsp3) is 0.571. The number of pyridine rings is 1. The minimum absolute atomic E-state index is 0.686. The molecule has 1 aliphatic rings. The number of aromatic nitrogens is 1. The van der Waals surface area contributed by atoms with Gasteiger partial charge >= 0.3 is 0 Å². The molecule has 0 aromatic carbocycles. The zero-order valence-corrected chi connectivity index (χ0v) is 11.8. The average Bonchev–Trinajstić information content (AvgIpc) is 2.37. The van der Waals surface area contributed by atoms with E-state index in [1.807, 2.05) is 31.7 Å². The number of aryl methyl sites for hydroxylation is 2. The largest absolute Gasteiger partial charge is 0.369 e. The lowest BCUT2D eigenvalue weighted by Crippen LogP contribution is -2.20. The van der Waals surface area contributed by atoms with Crippen LogP contribution in [0.4, 0.5) is 5.82 Å². The molecule has 0 amide bonds. The first kappa shape index (κ1) is 13.2. The summed E-state index contributed by atoms with van der Waals surface area (Å²) in [6.07, 6.45) is 2.54. The van der Waals surface area contributed by atoms with E-state index in [1.165, 1.54) is 24.3 Å². The first-order valence-corrected chi connectivity index (χ1v) is 7.56. The second kappa shape index (κ2) is 6.10. The molecule has 1 N–H and O–H groups in total. The Kier molecular flexibility index (Phi) is 4.48. The van der Waals surface area contributed by atoms with Crippen LogP contribution in [0.25, 0.3) is 0 Å². The van der Waals surface area contributed by atoms with Gasteiger partial charge in [0.1, 0.15) is 11.9 Å². The molecule has 1 fully saturated rings. The van der Waals surface area contributed by atoms with Crippen LogP contribution in [0, 0.1) is 31.1 Å². The van der Waals surface area contributed by atoms with Gasteiger partial charge in [-0.25, -0.2) is 4.98 Å². The summed E-state index contributed by atoms with van der Waals surface area (Å²) in [5, 5.41) is 12.6. The molecule has 0 saturated carbocycles. The summed E-state index contributed by atoms with van der Waals surface area (Å²) in [4.78, 5) is 4.45. The fourth-order valence-corrected chi connectivity index (χ4v) is 3.50. The number of nitrogens with one attached hydrogen (secondary N) is 1. The van der Waals surface area contributed by atoms with Crippen LogP contribution in [-0.4, -0.2) is 23.0 Å². The van der Waals surface area contributed by atoms with Crippen LogP contribution < -0.4 is 5.32 Å². The number of anilines is 1. The molecule has 1 aromatic rings. The summed E-state index contributed by atoms with van der Waals surface area (Å²) in [5.41, 5.74) is 2.66. The molecule has 1 saturated heterocycles. The summed E-state index contributed by atoms with van der Waals surface area (Å²) in [7, 11) is 0. The Morgan fingerprint density at radius 3 is 2.83 bits per heavy atom. The van der Waals surface area contributed by atoms with Gasteiger partial charge in [0.25, 0.3) is 0 Å². The monoisotopic (exact) mass is 261 g/mol. The zero-order chi connectivity index (χ0) is 13.0. The normalized spacial score (nSPS) is 16.3. The maximum absolute atomic E-state index is 9.19. The molecule has 0 aliphatic carbocycles. The lowest BCUT2D eigenvalue weighted by atomic mass is 10.0. The van der Waals surface area contributed by atoms with E-state index >= 15 is 0 Å². The fourth-order valence-electron chi connectivity index (χ4n) is 2.30. The van der Waals surface area contributed by atoms with Gasteiger partial charge in [0.15, 0.2) is 0 Å². The second-order valence-electron chi connectivity index (χ2n) is 4.85. The summed E-state index contributed by atoms with van der Waals surface area (Å²) < 4.78 is 0. The molecule has 0 unspecified atom stereocenters. The van der Waals surface area contributed by atoms with Gasteiger partial charge in [-0.15, -0.1) is 0 Å². The highest BCUT2D eigenvalue weighted by atomic mass is 32.2. The molecular weight excluding hydrogens is 242 g/mol. The molecule has 4 heteroatoms. The SMILES string of the molecule is Cc1cc(C)c(C#N)c(NCC2CCSCC2)n1. The summed E-state index contributed by atoms with van der Waals surface area (Å²) in [6, 6.07) is 4.21.